The molecule has 0 spiro atoms. The second kappa shape index (κ2) is 8.88. The second-order valence-corrected chi connectivity index (χ2v) is 11.8. The zero-order valence-corrected chi connectivity index (χ0v) is 19.8. The standard InChI is InChI=1S/C25H43N3O4/c1-24-9-8-16(28-22(32)13-26)10-15(24)11-19(29)23-17-7-6-14(4-3-5-21(27)31)25(17,2)20(30)12-18(23)24/h14-20,23,29-30H,3-13,26H2,1-2H3,(H2,27,31)(H,28,32)/t14?,15?,16-,17-,18?,19-,20-,23+,24-,25?/m0/s1. The molecule has 0 saturated heterocycles. The molecule has 0 heterocycles. The van der Waals surface area contributed by atoms with Crippen LogP contribution >= 0.6 is 0 Å². The van der Waals surface area contributed by atoms with Crippen molar-refractivity contribution >= 4 is 11.8 Å². The Hall–Kier alpha value is -1.18. The molecular formula is C25H43N3O4. The maximum absolute atomic E-state index is 11.8. The van der Waals surface area contributed by atoms with Gasteiger partial charge in [0.1, 0.15) is 0 Å². The maximum Gasteiger partial charge on any atom is 0.233 e. The zero-order valence-electron chi connectivity index (χ0n) is 19.8. The van der Waals surface area contributed by atoms with Gasteiger partial charge >= 0.3 is 0 Å². The molecule has 182 valence electrons. The van der Waals surface area contributed by atoms with Gasteiger partial charge < -0.3 is 27.0 Å². The smallest absolute Gasteiger partial charge is 0.233 e. The van der Waals surface area contributed by atoms with Gasteiger partial charge in [-0.25, -0.2) is 0 Å². The van der Waals surface area contributed by atoms with Gasteiger partial charge in [-0.2, -0.15) is 0 Å². The molecule has 0 aliphatic heterocycles. The van der Waals surface area contributed by atoms with Gasteiger partial charge in [0.2, 0.25) is 11.8 Å². The van der Waals surface area contributed by atoms with Crippen LogP contribution in [0.4, 0.5) is 0 Å². The summed E-state index contributed by atoms with van der Waals surface area (Å²) in [6.45, 7) is 4.62. The Morgan fingerprint density at radius 3 is 2.50 bits per heavy atom. The molecule has 4 unspecified atom stereocenters. The van der Waals surface area contributed by atoms with Crippen LogP contribution in [-0.4, -0.2) is 46.8 Å². The quantitative estimate of drug-likeness (QED) is 0.420. The highest BCUT2D eigenvalue weighted by molar-refractivity contribution is 5.78. The SMILES string of the molecule is CC12C(CCCC(N)=O)CC[C@H]1[C@@H]1C(C[C@@H]2O)[C@@]2(C)CC[C@H](NC(=O)CN)CC2C[C@@H]1O. The number of carbonyl (C=O) groups is 2. The molecule has 0 radical (unpaired) electrons. The normalized spacial score (nSPS) is 47.8. The number of aliphatic hydroxyl groups is 2. The molecule has 4 aliphatic carbocycles. The molecule has 7 heteroatoms. The summed E-state index contributed by atoms with van der Waals surface area (Å²) in [5.41, 5.74) is 10.7. The zero-order chi connectivity index (χ0) is 23.3. The fourth-order valence-corrected chi connectivity index (χ4v) is 8.73. The highest BCUT2D eigenvalue weighted by Gasteiger charge is 2.65. The molecule has 0 aromatic heterocycles. The molecule has 10 atom stereocenters. The van der Waals surface area contributed by atoms with Gasteiger partial charge in [0.15, 0.2) is 0 Å². The maximum atomic E-state index is 11.8. The number of carbonyl (C=O) groups excluding carboxylic acids is 2. The molecule has 7 nitrogen and oxygen atoms in total. The van der Waals surface area contributed by atoms with Crippen LogP contribution in [0.1, 0.15) is 78.1 Å². The topological polar surface area (TPSA) is 139 Å². The van der Waals surface area contributed by atoms with Gasteiger partial charge in [0, 0.05) is 12.5 Å². The summed E-state index contributed by atoms with van der Waals surface area (Å²) in [5, 5.41) is 26.0. The van der Waals surface area contributed by atoms with E-state index in [0.29, 0.717) is 30.1 Å². The Kier molecular flexibility index (Phi) is 6.65. The average Bonchev–Trinajstić information content (AvgIpc) is 3.07. The largest absolute Gasteiger partial charge is 0.393 e. The number of fused-ring (bicyclic) bond motifs is 5. The van der Waals surface area contributed by atoms with Crippen molar-refractivity contribution in [3.63, 3.8) is 0 Å². The van der Waals surface area contributed by atoms with E-state index in [0.717, 1.165) is 57.8 Å². The summed E-state index contributed by atoms with van der Waals surface area (Å²) >= 11 is 0. The molecule has 0 aromatic rings. The molecular weight excluding hydrogens is 406 g/mol. The molecule has 32 heavy (non-hydrogen) atoms. The van der Waals surface area contributed by atoms with Crippen LogP contribution in [0.25, 0.3) is 0 Å². The van der Waals surface area contributed by atoms with Crippen LogP contribution in [0, 0.1) is 40.4 Å². The Labute approximate surface area is 192 Å². The minimum Gasteiger partial charge on any atom is -0.393 e. The van der Waals surface area contributed by atoms with E-state index >= 15 is 0 Å². The van der Waals surface area contributed by atoms with Crippen LogP contribution in [0.15, 0.2) is 0 Å². The van der Waals surface area contributed by atoms with Crippen molar-refractivity contribution in [3.8, 4) is 0 Å². The van der Waals surface area contributed by atoms with Gasteiger partial charge in [-0.15, -0.1) is 0 Å². The van der Waals surface area contributed by atoms with Crippen LogP contribution < -0.4 is 16.8 Å². The second-order valence-electron chi connectivity index (χ2n) is 11.8. The first-order chi connectivity index (χ1) is 15.1. The van der Waals surface area contributed by atoms with Crippen molar-refractivity contribution in [1.82, 2.24) is 5.32 Å². The number of nitrogens with one attached hydrogen (secondary N) is 1. The van der Waals surface area contributed by atoms with E-state index in [-0.39, 0.29) is 53.4 Å². The highest BCUT2D eigenvalue weighted by Crippen LogP contribution is 2.67. The minimum absolute atomic E-state index is 0.0127. The summed E-state index contributed by atoms with van der Waals surface area (Å²) in [5.74, 6) is 1.21. The van der Waals surface area contributed by atoms with Crippen LogP contribution in [0.5, 0.6) is 0 Å². The lowest BCUT2D eigenvalue weighted by atomic mass is 9.43. The van der Waals surface area contributed by atoms with Crippen molar-refractivity contribution in [2.45, 2.75) is 96.3 Å². The van der Waals surface area contributed by atoms with E-state index in [1.165, 1.54) is 0 Å². The third kappa shape index (κ3) is 3.88. The summed E-state index contributed by atoms with van der Waals surface area (Å²) < 4.78 is 0. The molecule has 2 amide bonds. The average molecular weight is 450 g/mol. The van der Waals surface area contributed by atoms with Gasteiger partial charge in [-0.3, -0.25) is 9.59 Å². The molecule has 7 N–H and O–H groups in total. The van der Waals surface area contributed by atoms with E-state index < -0.39 is 0 Å². The Morgan fingerprint density at radius 2 is 1.81 bits per heavy atom. The molecule has 4 saturated carbocycles. The summed E-state index contributed by atoms with van der Waals surface area (Å²) in [6.07, 6.45) is 7.82. The minimum atomic E-state index is -0.382. The predicted octanol–water partition coefficient (Wildman–Crippen LogP) is 1.69. The van der Waals surface area contributed by atoms with Gasteiger partial charge in [0.25, 0.3) is 0 Å². The van der Waals surface area contributed by atoms with E-state index in [2.05, 4.69) is 19.2 Å². The molecule has 0 aromatic carbocycles. The first kappa shape index (κ1) is 24.0. The summed E-state index contributed by atoms with van der Waals surface area (Å²) in [6, 6.07) is 0.132. The molecule has 0 bridgehead atoms. The van der Waals surface area contributed by atoms with Crippen molar-refractivity contribution < 1.29 is 19.8 Å². The molecule has 4 aliphatic rings. The van der Waals surface area contributed by atoms with Crippen LogP contribution in [0.2, 0.25) is 0 Å². The summed E-state index contributed by atoms with van der Waals surface area (Å²) in [7, 11) is 0. The third-order valence-electron chi connectivity index (χ3n) is 10.5. The van der Waals surface area contributed by atoms with Gasteiger partial charge in [0.05, 0.1) is 18.8 Å². The summed E-state index contributed by atoms with van der Waals surface area (Å²) in [4.78, 5) is 23.0. The van der Waals surface area contributed by atoms with E-state index in [1.807, 2.05) is 0 Å². The monoisotopic (exact) mass is 449 g/mol. The first-order valence-electron chi connectivity index (χ1n) is 12.7. The van der Waals surface area contributed by atoms with E-state index in [9.17, 15) is 19.8 Å². The Bertz CT molecular complexity index is 732. The van der Waals surface area contributed by atoms with Crippen LogP contribution in [0.3, 0.4) is 0 Å². The Balaban J connectivity index is 1.52. The number of rotatable bonds is 6. The van der Waals surface area contributed by atoms with Gasteiger partial charge in [-0.1, -0.05) is 13.8 Å². The van der Waals surface area contributed by atoms with Crippen LogP contribution in [-0.2, 0) is 9.59 Å². The first-order valence-corrected chi connectivity index (χ1v) is 12.7. The predicted molar refractivity (Wildman–Crippen MR) is 122 cm³/mol. The van der Waals surface area contributed by atoms with E-state index in [1.54, 1.807) is 0 Å². The van der Waals surface area contributed by atoms with Crippen molar-refractivity contribution in [3.05, 3.63) is 0 Å². The third-order valence-corrected chi connectivity index (χ3v) is 10.5. The lowest BCUT2D eigenvalue weighted by Gasteiger charge is -2.63. The van der Waals surface area contributed by atoms with Crippen molar-refractivity contribution in [2.24, 2.45) is 51.9 Å². The molecule has 4 rings (SSSR count). The van der Waals surface area contributed by atoms with Crippen molar-refractivity contribution in [1.29, 1.82) is 0 Å². The number of aliphatic hydroxyl groups excluding tert-OH is 2. The lowest BCUT2D eigenvalue weighted by molar-refractivity contribution is -0.200. The fraction of sp³-hybridized carbons (Fsp3) is 0.920. The fourth-order valence-electron chi connectivity index (χ4n) is 8.73. The number of hydrogen-bond donors (Lipinski definition) is 5. The Morgan fingerprint density at radius 1 is 1.06 bits per heavy atom. The number of amides is 2. The number of nitrogens with two attached hydrogens (primary N) is 2. The lowest BCUT2D eigenvalue weighted by Crippen LogP contribution is -2.62. The number of primary amides is 1. The highest BCUT2D eigenvalue weighted by atomic mass is 16.3. The van der Waals surface area contributed by atoms with E-state index in [4.69, 9.17) is 11.5 Å². The van der Waals surface area contributed by atoms with Crippen molar-refractivity contribution in [2.75, 3.05) is 6.54 Å². The van der Waals surface area contributed by atoms with Gasteiger partial charge in [-0.05, 0) is 98.2 Å². The number of hydrogen-bond acceptors (Lipinski definition) is 5. The molecule has 4 fully saturated rings.